The minimum Gasteiger partial charge on any atom is -0.493 e. The molecule has 0 aliphatic heterocycles. The van der Waals surface area contributed by atoms with Gasteiger partial charge in [0.15, 0.2) is 17.3 Å². The Morgan fingerprint density at radius 2 is 2.00 bits per heavy atom. The summed E-state index contributed by atoms with van der Waals surface area (Å²) in [6, 6.07) is 12.9. The first-order valence-electron chi connectivity index (χ1n) is 10.8. The van der Waals surface area contributed by atoms with Crippen molar-refractivity contribution in [3.63, 3.8) is 0 Å². The summed E-state index contributed by atoms with van der Waals surface area (Å²) in [5, 5.41) is 0. The number of aromatic nitrogens is 1. The van der Waals surface area contributed by atoms with E-state index in [4.69, 9.17) is 18.6 Å². The molecule has 0 spiro atoms. The summed E-state index contributed by atoms with van der Waals surface area (Å²) in [5.74, 6) is 3.05. The zero-order valence-corrected chi connectivity index (χ0v) is 18.2. The number of Topliss-reactive ketones (excluding diaryl/α,β-unsaturated/α-hetero) is 1. The molecule has 6 nitrogen and oxygen atoms in total. The molecule has 1 saturated carbocycles. The smallest absolute Gasteiger partial charge is 0.226 e. The summed E-state index contributed by atoms with van der Waals surface area (Å²) >= 11 is 0. The number of aryl methyl sites for hydroxylation is 1. The number of carbonyl (C=O) groups excluding carboxylic acids is 1. The third-order valence-electron chi connectivity index (χ3n) is 5.29. The lowest BCUT2D eigenvalue weighted by Gasteiger charge is -2.11. The SMILES string of the molecule is C=CCOc1ccccc1C(=O)CCc1coc(-c2ccc(OC)c(OCC3CC3)c2)n1. The molecule has 1 heterocycles. The lowest BCUT2D eigenvalue weighted by molar-refractivity contribution is 0.0979. The maximum absolute atomic E-state index is 12.7. The van der Waals surface area contributed by atoms with Crippen molar-refractivity contribution >= 4 is 5.78 Å². The molecule has 0 N–H and O–H groups in total. The monoisotopic (exact) mass is 433 g/mol. The van der Waals surface area contributed by atoms with Gasteiger partial charge in [0.2, 0.25) is 5.89 Å². The molecule has 3 aromatic rings. The van der Waals surface area contributed by atoms with Crippen molar-refractivity contribution in [3.05, 3.63) is 72.6 Å². The molecule has 0 unspecified atom stereocenters. The molecule has 0 amide bonds. The van der Waals surface area contributed by atoms with Crippen molar-refractivity contribution in [2.75, 3.05) is 20.3 Å². The molecule has 0 bridgehead atoms. The molecule has 1 fully saturated rings. The van der Waals surface area contributed by atoms with E-state index in [1.807, 2.05) is 30.3 Å². The van der Waals surface area contributed by atoms with Crippen molar-refractivity contribution < 1.29 is 23.4 Å². The van der Waals surface area contributed by atoms with Crippen LogP contribution < -0.4 is 14.2 Å². The van der Waals surface area contributed by atoms with Crippen LogP contribution in [0, 0.1) is 5.92 Å². The summed E-state index contributed by atoms with van der Waals surface area (Å²) in [6.45, 7) is 4.69. The average Bonchev–Trinajstić information content (AvgIpc) is 3.54. The number of hydrogen-bond donors (Lipinski definition) is 0. The van der Waals surface area contributed by atoms with Gasteiger partial charge >= 0.3 is 0 Å². The molecule has 1 aromatic heterocycles. The number of oxazole rings is 1. The Hall–Kier alpha value is -3.54. The third kappa shape index (κ3) is 5.38. The number of carbonyl (C=O) groups is 1. The number of methoxy groups -OCH3 is 1. The summed E-state index contributed by atoms with van der Waals surface area (Å²) in [7, 11) is 1.62. The second-order valence-corrected chi connectivity index (χ2v) is 7.78. The largest absolute Gasteiger partial charge is 0.493 e. The van der Waals surface area contributed by atoms with Gasteiger partial charge in [-0.15, -0.1) is 0 Å². The molecular formula is C26H27NO5. The highest BCUT2D eigenvalue weighted by Gasteiger charge is 2.23. The first kappa shape index (κ1) is 21.7. The molecule has 1 aliphatic carbocycles. The Kier molecular flexibility index (Phi) is 6.90. The minimum atomic E-state index is -0.00516. The number of rotatable bonds is 12. The van der Waals surface area contributed by atoms with Crippen LogP contribution in [0.4, 0.5) is 0 Å². The number of nitrogens with zero attached hydrogens (tertiary/aromatic N) is 1. The molecule has 1 aliphatic rings. The highest BCUT2D eigenvalue weighted by atomic mass is 16.5. The van der Waals surface area contributed by atoms with Gasteiger partial charge in [0.05, 0.1) is 25.0 Å². The number of ether oxygens (including phenoxy) is 3. The lowest BCUT2D eigenvalue weighted by Crippen LogP contribution is -2.05. The Morgan fingerprint density at radius 3 is 2.78 bits per heavy atom. The van der Waals surface area contributed by atoms with Crippen LogP contribution in [0.2, 0.25) is 0 Å². The third-order valence-corrected chi connectivity index (χ3v) is 5.29. The first-order chi connectivity index (χ1) is 15.7. The maximum Gasteiger partial charge on any atom is 0.226 e. The van der Waals surface area contributed by atoms with Crippen LogP contribution in [0.1, 0.15) is 35.3 Å². The average molecular weight is 434 g/mol. The van der Waals surface area contributed by atoms with Gasteiger partial charge in [0, 0.05) is 18.4 Å². The van der Waals surface area contributed by atoms with E-state index in [0.717, 1.165) is 5.56 Å². The zero-order chi connectivity index (χ0) is 22.3. The highest BCUT2D eigenvalue weighted by Crippen LogP contribution is 2.35. The van der Waals surface area contributed by atoms with Gasteiger partial charge in [0.1, 0.15) is 18.6 Å². The zero-order valence-electron chi connectivity index (χ0n) is 18.2. The summed E-state index contributed by atoms with van der Waals surface area (Å²) < 4.78 is 22.6. The van der Waals surface area contributed by atoms with E-state index in [9.17, 15) is 4.79 Å². The van der Waals surface area contributed by atoms with Crippen molar-refractivity contribution in [2.45, 2.75) is 25.7 Å². The standard InChI is InChI=1S/C26H27NO5/c1-3-14-30-23-7-5-4-6-21(23)22(28)12-11-20-17-32-26(27-20)19-10-13-24(29-2)25(15-19)31-16-18-8-9-18/h3-7,10,13,15,17-18H,1,8-9,11-12,14,16H2,2H3. The van der Waals surface area contributed by atoms with E-state index in [1.54, 1.807) is 31.6 Å². The van der Waals surface area contributed by atoms with Crippen LogP contribution in [-0.4, -0.2) is 31.1 Å². The van der Waals surface area contributed by atoms with Crippen molar-refractivity contribution in [3.8, 4) is 28.7 Å². The van der Waals surface area contributed by atoms with E-state index in [2.05, 4.69) is 11.6 Å². The van der Waals surface area contributed by atoms with E-state index < -0.39 is 0 Å². The van der Waals surface area contributed by atoms with Crippen LogP contribution in [0.25, 0.3) is 11.5 Å². The summed E-state index contributed by atoms with van der Waals surface area (Å²) in [6.07, 6.45) is 6.46. The Balaban J connectivity index is 1.41. The maximum atomic E-state index is 12.7. The van der Waals surface area contributed by atoms with E-state index in [-0.39, 0.29) is 5.78 Å². The van der Waals surface area contributed by atoms with Gasteiger partial charge in [-0.3, -0.25) is 4.79 Å². The summed E-state index contributed by atoms with van der Waals surface area (Å²) in [5.41, 5.74) is 2.08. The molecular weight excluding hydrogens is 406 g/mol. The molecule has 166 valence electrons. The molecule has 0 saturated heterocycles. The molecule has 0 radical (unpaired) electrons. The number of hydrogen-bond acceptors (Lipinski definition) is 6. The first-order valence-corrected chi connectivity index (χ1v) is 10.8. The van der Waals surface area contributed by atoms with E-state index >= 15 is 0 Å². The topological polar surface area (TPSA) is 70.8 Å². The quantitative estimate of drug-likeness (QED) is 0.277. The number of para-hydroxylation sites is 1. The van der Waals surface area contributed by atoms with Gasteiger partial charge in [-0.2, -0.15) is 0 Å². The highest BCUT2D eigenvalue weighted by molar-refractivity contribution is 5.98. The minimum absolute atomic E-state index is 0.00516. The van der Waals surface area contributed by atoms with Gasteiger partial charge in [0.25, 0.3) is 0 Å². The fraction of sp³-hybridized carbons (Fsp3) is 0.308. The van der Waals surface area contributed by atoms with Gasteiger partial charge in [-0.05, 0) is 49.1 Å². The predicted molar refractivity (Wildman–Crippen MR) is 121 cm³/mol. The normalized spacial score (nSPS) is 12.9. The lowest BCUT2D eigenvalue weighted by atomic mass is 10.0. The van der Waals surface area contributed by atoms with Crippen molar-refractivity contribution in [2.24, 2.45) is 5.92 Å². The Bertz CT molecular complexity index is 1080. The van der Waals surface area contributed by atoms with E-state index in [0.29, 0.717) is 66.4 Å². The van der Waals surface area contributed by atoms with Gasteiger partial charge in [-0.25, -0.2) is 4.98 Å². The number of benzene rings is 2. The van der Waals surface area contributed by atoms with E-state index in [1.165, 1.54) is 12.8 Å². The fourth-order valence-electron chi connectivity index (χ4n) is 3.32. The molecule has 4 rings (SSSR count). The predicted octanol–water partition coefficient (Wildman–Crippen LogP) is 5.52. The van der Waals surface area contributed by atoms with Crippen LogP contribution in [0.15, 0.2) is 65.8 Å². The Labute approximate surface area is 187 Å². The molecule has 6 heteroatoms. The van der Waals surface area contributed by atoms with Gasteiger partial charge < -0.3 is 18.6 Å². The van der Waals surface area contributed by atoms with Gasteiger partial charge in [-0.1, -0.05) is 24.8 Å². The Morgan fingerprint density at radius 1 is 1.16 bits per heavy atom. The summed E-state index contributed by atoms with van der Waals surface area (Å²) in [4.78, 5) is 17.3. The van der Waals surface area contributed by atoms with Crippen LogP contribution >= 0.6 is 0 Å². The van der Waals surface area contributed by atoms with Crippen LogP contribution in [0.5, 0.6) is 17.2 Å². The van der Waals surface area contributed by atoms with Crippen molar-refractivity contribution in [1.82, 2.24) is 4.98 Å². The molecule has 0 atom stereocenters. The van der Waals surface area contributed by atoms with Crippen LogP contribution in [-0.2, 0) is 6.42 Å². The molecule has 2 aromatic carbocycles. The van der Waals surface area contributed by atoms with Crippen LogP contribution in [0.3, 0.4) is 0 Å². The molecule has 32 heavy (non-hydrogen) atoms. The fourth-order valence-corrected chi connectivity index (χ4v) is 3.32. The number of ketones is 1. The second-order valence-electron chi connectivity index (χ2n) is 7.78. The van der Waals surface area contributed by atoms with Crippen molar-refractivity contribution in [1.29, 1.82) is 0 Å². The second kappa shape index (κ2) is 10.2.